The fourth-order valence-electron chi connectivity index (χ4n) is 2.25. The van der Waals surface area contributed by atoms with Gasteiger partial charge in [-0.15, -0.1) is 0 Å². The second kappa shape index (κ2) is 9.17. The lowest BCUT2D eigenvalue weighted by molar-refractivity contribution is 0.298. The first-order chi connectivity index (χ1) is 11.9. The van der Waals surface area contributed by atoms with Gasteiger partial charge >= 0.3 is 0 Å². The summed E-state index contributed by atoms with van der Waals surface area (Å²) < 4.78 is 33.7. The Labute approximate surface area is 154 Å². The normalized spacial score (nSPS) is 11.5. The van der Waals surface area contributed by atoms with Crippen LogP contribution >= 0.6 is 11.6 Å². The van der Waals surface area contributed by atoms with E-state index in [0.29, 0.717) is 17.4 Å². The van der Waals surface area contributed by atoms with E-state index in [-0.39, 0.29) is 11.4 Å². The number of nitrogens with one attached hydrogen (secondary N) is 1. The largest absolute Gasteiger partial charge is 0.492 e. The molecule has 5 nitrogen and oxygen atoms in total. The summed E-state index contributed by atoms with van der Waals surface area (Å²) in [7, 11) is -3.76. The van der Waals surface area contributed by atoms with Gasteiger partial charge in [-0.3, -0.25) is 4.98 Å². The Morgan fingerprint density at radius 2 is 2.08 bits per heavy atom. The summed E-state index contributed by atoms with van der Waals surface area (Å²) in [6.07, 6.45) is 6.24. The summed E-state index contributed by atoms with van der Waals surface area (Å²) in [5.74, 6) is 0.330. The number of halogens is 1. The fraction of sp³-hybridized carbons (Fsp3) is 0.389. The number of benzene rings is 1. The number of rotatable bonds is 9. The number of aromatic nitrogens is 1. The Balaban J connectivity index is 2.20. The highest BCUT2D eigenvalue weighted by Gasteiger charge is 2.21. The van der Waals surface area contributed by atoms with Gasteiger partial charge in [-0.2, -0.15) is 0 Å². The molecule has 0 aliphatic carbocycles. The van der Waals surface area contributed by atoms with E-state index in [1.807, 2.05) is 6.92 Å². The van der Waals surface area contributed by atoms with Gasteiger partial charge in [0.15, 0.2) is 0 Å². The van der Waals surface area contributed by atoms with E-state index >= 15 is 0 Å². The molecule has 0 aliphatic heterocycles. The van der Waals surface area contributed by atoms with Crippen LogP contribution in [0, 0.1) is 6.92 Å². The second-order valence-electron chi connectivity index (χ2n) is 5.79. The minimum absolute atomic E-state index is 0.0588. The molecule has 0 saturated heterocycles. The number of pyridine rings is 1. The predicted octanol–water partition coefficient (Wildman–Crippen LogP) is 4.09. The maximum Gasteiger partial charge on any atom is 0.244 e. The highest BCUT2D eigenvalue weighted by atomic mass is 35.5. The molecule has 2 aromatic rings. The summed E-state index contributed by atoms with van der Waals surface area (Å²) in [5.41, 5.74) is 1.55. The third-order valence-electron chi connectivity index (χ3n) is 3.71. The van der Waals surface area contributed by atoms with Crippen LogP contribution in [0.25, 0.3) is 0 Å². The van der Waals surface area contributed by atoms with Crippen molar-refractivity contribution in [3.63, 3.8) is 0 Å². The third-order valence-corrected chi connectivity index (χ3v) is 5.54. The summed E-state index contributed by atoms with van der Waals surface area (Å²) in [5, 5.41) is 0.391. The smallest absolute Gasteiger partial charge is 0.244 e. The zero-order valence-corrected chi connectivity index (χ0v) is 16.0. The molecular formula is C18H23ClN2O3S. The molecule has 136 valence electrons. The molecule has 7 heteroatoms. The van der Waals surface area contributed by atoms with E-state index in [9.17, 15) is 8.42 Å². The number of sulfonamides is 1. The van der Waals surface area contributed by atoms with Crippen molar-refractivity contribution in [3.8, 4) is 5.75 Å². The van der Waals surface area contributed by atoms with Crippen LogP contribution in [-0.4, -0.2) is 20.0 Å². The van der Waals surface area contributed by atoms with Crippen molar-refractivity contribution >= 4 is 21.6 Å². The van der Waals surface area contributed by atoms with E-state index in [4.69, 9.17) is 16.3 Å². The van der Waals surface area contributed by atoms with Crippen molar-refractivity contribution in [3.05, 3.63) is 52.8 Å². The molecule has 0 radical (unpaired) electrons. The molecule has 1 aromatic carbocycles. The van der Waals surface area contributed by atoms with Gasteiger partial charge in [-0.05, 0) is 42.7 Å². The average molecular weight is 383 g/mol. The van der Waals surface area contributed by atoms with Crippen LogP contribution in [0.4, 0.5) is 0 Å². The average Bonchev–Trinajstić information content (AvgIpc) is 2.60. The molecule has 2 rings (SSSR count). The van der Waals surface area contributed by atoms with Crippen LogP contribution in [0.3, 0.4) is 0 Å². The standard InChI is InChI=1S/C18H23ClN2O3S/c1-3-4-5-9-24-17-10-14(2)16(19)11-18(17)25(22,23)21-13-15-7-6-8-20-12-15/h6-8,10-12,21H,3-5,9,13H2,1-2H3. The molecule has 0 atom stereocenters. The van der Waals surface area contributed by atoms with Crippen LogP contribution in [0.5, 0.6) is 5.75 Å². The van der Waals surface area contributed by atoms with Gasteiger partial charge in [0.1, 0.15) is 10.6 Å². The topological polar surface area (TPSA) is 68.3 Å². The van der Waals surface area contributed by atoms with Crippen LogP contribution in [0.15, 0.2) is 41.6 Å². The van der Waals surface area contributed by atoms with Gasteiger partial charge in [0.2, 0.25) is 10.0 Å². The van der Waals surface area contributed by atoms with Gasteiger partial charge in [-0.1, -0.05) is 37.4 Å². The lowest BCUT2D eigenvalue weighted by Gasteiger charge is -2.14. The number of unbranched alkanes of at least 4 members (excludes halogenated alkanes) is 2. The Morgan fingerprint density at radius 3 is 2.76 bits per heavy atom. The van der Waals surface area contributed by atoms with E-state index in [0.717, 1.165) is 30.4 Å². The molecule has 1 heterocycles. The number of nitrogens with zero attached hydrogens (tertiary/aromatic N) is 1. The maximum absolute atomic E-state index is 12.7. The first kappa shape index (κ1) is 19.7. The molecule has 25 heavy (non-hydrogen) atoms. The fourth-order valence-corrected chi connectivity index (χ4v) is 3.65. The monoisotopic (exact) mass is 382 g/mol. The highest BCUT2D eigenvalue weighted by molar-refractivity contribution is 7.89. The van der Waals surface area contributed by atoms with Gasteiger partial charge in [-0.25, -0.2) is 13.1 Å². The van der Waals surface area contributed by atoms with Crippen molar-refractivity contribution in [1.82, 2.24) is 9.71 Å². The molecule has 0 fully saturated rings. The van der Waals surface area contributed by atoms with Crippen molar-refractivity contribution in [2.45, 2.75) is 44.6 Å². The first-order valence-corrected chi connectivity index (χ1v) is 10.1. The van der Waals surface area contributed by atoms with Crippen LogP contribution in [-0.2, 0) is 16.6 Å². The number of hydrogen-bond acceptors (Lipinski definition) is 4. The minimum Gasteiger partial charge on any atom is -0.492 e. The summed E-state index contributed by atoms with van der Waals surface area (Å²) in [6, 6.07) is 6.68. The quantitative estimate of drug-likeness (QED) is 0.663. The van der Waals surface area contributed by atoms with Gasteiger partial charge in [0.05, 0.1) is 6.61 Å². The zero-order chi connectivity index (χ0) is 18.3. The number of ether oxygens (including phenoxy) is 1. The number of aryl methyl sites for hydroxylation is 1. The van der Waals surface area contributed by atoms with Crippen molar-refractivity contribution < 1.29 is 13.2 Å². The van der Waals surface area contributed by atoms with Gasteiger partial charge in [0.25, 0.3) is 0 Å². The predicted molar refractivity (Wildman–Crippen MR) is 99.5 cm³/mol. The van der Waals surface area contributed by atoms with Crippen molar-refractivity contribution in [1.29, 1.82) is 0 Å². The van der Waals surface area contributed by atoms with E-state index < -0.39 is 10.0 Å². The lowest BCUT2D eigenvalue weighted by Crippen LogP contribution is -2.24. The Bertz CT molecular complexity index is 795. The summed E-state index contributed by atoms with van der Waals surface area (Å²) in [6.45, 7) is 4.54. The first-order valence-electron chi connectivity index (χ1n) is 8.25. The molecule has 0 unspecified atom stereocenters. The molecule has 0 bridgehead atoms. The van der Waals surface area contributed by atoms with Gasteiger partial charge in [0, 0.05) is 24.0 Å². The molecule has 0 saturated carbocycles. The summed E-state index contributed by atoms with van der Waals surface area (Å²) >= 11 is 6.14. The molecule has 1 N–H and O–H groups in total. The molecular weight excluding hydrogens is 360 g/mol. The van der Waals surface area contributed by atoms with Crippen LogP contribution in [0.1, 0.15) is 37.3 Å². The Morgan fingerprint density at radius 1 is 1.28 bits per heavy atom. The Hall–Kier alpha value is -1.63. The van der Waals surface area contributed by atoms with Crippen LogP contribution in [0.2, 0.25) is 5.02 Å². The lowest BCUT2D eigenvalue weighted by atomic mass is 10.2. The van der Waals surface area contributed by atoms with E-state index in [2.05, 4.69) is 16.6 Å². The highest BCUT2D eigenvalue weighted by Crippen LogP contribution is 2.30. The van der Waals surface area contributed by atoms with Crippen molar-refractivity contribution in [2.24, 2.45) is 0 Å². The minimum atomic E-state index is -3.76. The van der Waals surface area contributed by atoms with Gasteiger partial charge < -0.3 is 4.74 Å². The maximum atomic E-state index is 12.7. The van der Waals surface area contributed by atoms with E-state index in [1.54, 1.807) is 30.6 Å². The molecule has 1 aromatic heterocycles. The second-order valence-corrected chi connectivity index (χ2v) is 7.93. The molecule has 0 amide bonds. The molecule has 0 spiro atoms. The van der Waals surface area contributed by atoms with Crippen molar-refractivity contribution in [2.75, 3.05) is 6.61 Å². The molecule has 0 aliphatic rings. The Kier molecular flexibility index (Phi) is 7.23. The summed E-state index contributed by atoms with van der Waals surface area (Å²) in [4.78, 5) is 4.04. The zero-order valence-electron chi connectivity index (χ0n) is 14.5. The SMILES string of the molecule is CCCCCOc1cc(C)c(Cl)cc1S(=O)(=O)NCc1cccnc1. The van der Waals surface area contributed by atoms with E-state index in [1.165, 1.54) is 6.07 Å². The number of hydrogen-bond donors (Lipinski definition) is 1. The van der Waals surface area contributed by atoms with Crippen LogP contribution < -0.4 is 9.46 Å². The third kappa shape index (κ3) is 5.70.